The topological polar surface area (TPSA) is 74.7 Å². The molecule has 0 radical (unpaired) electrons. The molecule has 0 fully saturated rings. The molecule has 2 aromatic rings. The summed E-state index contributed by atoms with van der Waals surface area (Å²) in [7, 11) is 3.75. The van der Waals surface area contributed by atoms with Crippen molar-refractivity contribution < 1.29 is 19.1 Å². The normalized spacial score (nSPS) is 15.8. The third-order valence-corrected chi connectivity index (χ3v) is 7.27. The Morgan fingerprint density at radius 2 is 1.84 bits per heavy atom. The lowest BCUT2D eigenvalue weighted by molar-refractivity contribution is -0.126. The van der Waals surface area contributed by atoms with Gasteiger partial charge in [-0.25, -0.2) is 4.79 Å². The number of rotatable bonds is 11. The molecule has 0 bridgehead atoms. The highest BCUT2D eigenvalue weighted by molar-refractivity contribution is 6.13. The number of aliphatic imine (C=N–C) groups is 1. The second-order valence-corrected chi connectivity index (χ2v) is 12.3. The molecule has 1 aliphatic heterocycles. The molecule has 3 rings (SSSR count). The van der Waals surface area contributed by atoms with Gasteiger partial charge in [0, 0.05) is 51.3 Å². The highest BCUT2D eigenvalue weighted by Gasteiger charge is 2.29. The number of hydrogen-bond acceptors (Lipinski definition) is 6. The van der Waals surface area contributed by atoms with Crippen LogP contribution in [0.15, 0.2) is 83.1 Å². The molecule has 0 saturated carbocycles. The third kappa shape index (κ3) is 9.73. The lowest BCUT2D eigenvalue weighted by Crippen LogP contribution is -2.37. The van der Waals surface area contributed by atoms with Crippen LogP contribution in [0.1, 0.15) is 65.2 Å². The van der Waals surface area contributed by atoms with Gasteiger partial charge in [-0.3, -0.25) is 9.79 Å². The number of allylic oxidation sites excluding steroid dienone is 2. The predicted molar refractivity (Wildman–Crippen MR) is 173 cm³/mol. The van der Waals surface area contributed by atoms with Gasteiger partial charge in [-0.1, -0.05) is 62.9 Å². The Labute approximate surface area is 257 Å². The van der Waals surface area contributed by atoms with Gasteiger partial charge in [0.05, 0.1) is 12.1 Å². The second-order valence-electron chi connectivity index (χ2n) is 12.3. The fourth-order valence-corrected chi connectivity index (χ4v) is 4.90. The monoisotopic (exact) mass is 588 g/mol. The zero-order chi connectivity index (χ0) is 31.7. The number of ether oxygens (including phenoxy) is 2. The number of carbonyl (C=O) groups is 2. The van der Waals surface area contributed by atoms with E-state index in [2.05, 4.69) is 30.3 Å². The van der Waals surface area contributed by atoms with Gasteiger partial charge in [-0.2, -0.15) is 0 Å². The van der Waals surface area contributed by atoms with E-state index in [1.165, 1.54) is 4.90 Å². The third-order valence-electron chi connectivity index (χ3n) is 7.27. The van der Waals surface area contributed by atoms with Crippen LogP contribution < -0.4 is 4.74 Å². The van der Waals surface area contributed by atoms with Crippen LogP contribution in [0.25, 0.3) is 0 Å². The Balaban J connectivity index is 1.86. The van der Waals surface area contributed by atoms with Gasteiger partial charge in [0.25, 0.3) is 5.91 Å². The molecule has 2 aromatic carbocycles. The van der Waals surface area contributed by atoms with Crippen molar-refractivity contribution in [1.82, 2.24) is 14.7 Å². The minimum Gasteiger partial charge on any atom is -0.484 e. The number of carbonyl (C=O) groups excluding carboxylic acids is 2. The minimum atomic E-state index is -0.594. The minimum absolute atomic E-state index is 0.0443. The maximum Gasteiger partial charge on any atom is 0.410 e. The number of benzene rings is 2. The van der Waals surface area contributed by atoms with Crippen LogP contribution >= 0.6 is 0 Å². The van der Waals surface area contributed by atoms with Gasteiger partial charge in [0.15, 0.2) is 0 Å². The van der Waals surface area contributed by atoms with Crippen molar-refractivity contribution in [3.05, 3.63) is 89.3 Å². The van der Waals surface area contributed by atoms with Gasteiger partial charge in [-0.15, -0.1) is 0 Å². The highest BCUT2D eigenvalue weighted by Crippen LogP contribution is 2.28. The largest absolute Gasteiger partial charge is 0.484 e. The van der Waals surface area contributed by atoms with Crippen LogP contribution in [0.5, 0.6) is 5.75 Å². The second kappa shape index (κ2) is 14.9. The lowest BCUT2D eigenvalue weighted by Gasteiger charge is -2.28. The van der Waals surface area contributed by atoms with Gasteiger partial charge in [-0.05, 0) is 63.3 Å². The summed E-state index contributed by atoms with van der Waals surface area (Å²) in [6.45, 7) is 17.5. The number of hydrogen-bond donors (Lipinski definition) is 0. The Kier molecular flexibility index (Phi) is 11.6. The number of nitrogens with zero attached hydrogens (tertiary/aromatic N) is 4. The molecule has 232 valence electrons. The standard InChI is InChI=1S/C35H48N4O4/c1-10-26(4)32-30(22-36-25(2)3)33(40)39(20-19-37(32)8)23-27-15-14-18-29(21-27)42-31(28-16-12-11-13-17-28)24-38(9)34(41)43-35(5,6)7/h11-18,21-22,26,31H,2,10,19-20,23-24H2,1,3-9H3. The zero-order valence-electron chi connectivity index (χ0n) is 27.1. The van der Waals surface area contributed by atoms with Gasteiger partial charge in [0.1, 0.15) is 17.5 Å². The molecule has 1 heterocycles. The van der Waals surface area contributed by atoms with Crippen LogP contribution in [0.2, 0.25) is 0 Å². The SMILES string of the molecule is C=C(C)N=CC1=C(C(C)CC)N(C)CCN(Cc2cccc(OC(CN(C)C(=O)OC(C)(C)C)c3ccccc3)c2)C1=O. The van der Waals surface area contributed by atoms with Crippen LogP contribution in [0.4, 0.5) is 4.79 Å². The van der Waals surface area contributed by atoms with E-state index in [0.717, 1.165) is 29.8 Å². The number of amides is 2. The molecule has 0 aliphatic carbocycles. The summed E-state index contributed by atoms with van der Waals surface area (Å²) >= 11 is 0. The van der Waals surface area contributed by atoms with Crippen molar-refractivity contribution in [1.29, 1.82) is 0 Å². The molecule has 2 atom stereocenters. The molecule has 0 spiro atoms. The van der Waals surface area contributed by atoms with Gasteiger partial charge >= 0.3 is 6.09 Å². The molecule has 0 saturated heterocycles. The predicted octanol–water partition coefficient (Wildman–Crippen LogP) is 6.85. The Morgan fingerprint density at radius 1 is 1.14 bits per heavy atom. The summed E-state index contributed by atoms with van der Waals surface area (Å²) in [6, 6.07) is 17.6. The number of likely N-dealkylation sites (N-methyl/N-ethyl adjacent to an activating group) is 2. The van der Waals surface area contributed by atoms with Crippen molar-refractivity contribution in [3.8, 4) is 5.75 Å². The average Bonchev–Trinajstić information content (AvgIpc) is 3.06. The summed E-state index contributed by atoms with van der Waals surface area (Å²) in [5.41, 5.74) is 3.57. The van der Waals surface area contributed by atoms with E-state index in [9.17, 15) is 9.59 Å². The summed E-state index contributed by atoms with van der Waals surface area (Å²) in [4.78, 5) is 36.6. The van der Waals surface area contributed by atoms with Gasteiger partial charge in [0.2, 0.25) is 0 Å². The van der Waals surface area contributed by atoms with Crippen molar-refractivity contribution in [2.45, 2.75) is 66.2 Å². The van der Waals surface area contributed by atoms with Crippen molar-refractivity contribution >= 4 is 18.2 Å². The Bertz CT molecular complexity index is 1330. The van der Waals surface area contributed by atoms with Crippen molar-refractivity contribution in [2.75, 3.05) is 33.7 Å². The summed E-state index contributed by atoms with van der Waals surface area (Å²) < 4.78 is 12.1. The maximum absolute atomic E-state index is 13.9. The summed E-state index contributed by atoms with van der Waals surface area (Å²) in [5, 5.41) is 0. The first-order chi connectivity index (χ1) is 20.3. The molecule has 2 unspecified atom stereocenters. The maximum atomic E-state index is 13.9. The van der Waals surface area contributed by atoms with Crippen LogP contribution in [-0.4, -0.2) is 72.2 Å². The smallest absolute Gasteiger partial charge is 0.410 e. The first-order valence-corrected chi connectivity index (χ1v) is 15.0. The molecule has 0 aromatic heterocycles. The average molecular weight is 589 g/mol. The Hall–Kier alpha value is -4.07. The van der Waals surface area contributed by atoms with Crippen LogP contribution in [0, 0.1) is 5.92 Å². The fraction of sp³-hybridized carbons (Fsp3) is 0.457. The van der Waals surface area contributed by atoms with E-state index in [-0.39, 0.29) is 11.8 Å². The first kappa shape index (κ1) is 33.4. The summed E-state index contributed by atoms with van der Waals surface area (Å²) in [5.74, 6) is 0.825. The summed E-state index contributed by atoms with van der Waals surface area (Å²) in [6.07, 6.45) is 1.76. The van der Waals surface area contributed by atoms with Crippen molar-refractivity contribution in [2.24, 2.45) is 10.9 Å². The van der Waals surface area contributed by atoms with E-state index in [4.69, 9.17) is 9.47 Å². The van der Waals surface area contributed by atoms with E-state index in [1.807, 2.05) is 94.2 Å². The van der Waals surface area contributed by atoms with E-state index >= 15 is 0 Å². The fourth-order valence-electron chi connectivity index (χ4n) is 4.90. The molecular formula is C35H48N4O4. The van der Waals surface area contributed by atoms with Crippen molar-refractivity contribution in [3.63, 3.8) is 0 Å². The molecule has 0 N–H and O–H groups in total. The molecule has 2 amide bonds. The van der Waals surface area contributed by atoms with Gasteiger partial charge < -0.3 is 24.2 Å². The highest BCUT2D eigenvalue weighted by atomic mass is 16.6. The van der Waals surface area contributed by atoms with Crippen LogP contribution in [0.3, 0.4) is 0 Å². The zero-order valence-corrected chi connectivity index (χ0v) is 27.1. The molecular weight excluding hydrogens is 540 g/mol. The lowest BCUT2D eigenvalue weighted by atomic mass is 9.98. The molecule has 8 heteroatoms. The van der Waals surface area contributed by atoms with E-state index in [0.29, 0.717) is 36.7 Å². The quantitative estimate of drug-likeness (QED) is 0.268. The molecule has 43 heavy (non-hydrogen) atoms. The first-order valence-electron chi connectivity index (χ1n) is 15.0. The molecule has 1 aliphatic rings. The Morgan fingerprint density at radius 3 is 2.47 bits per heavy atom. The molecule has 8 nitrogen and oxygen atoms in total. The van der Waals surface area contributed by atoms with E-state index < -0.39 is 17.8 Å². The van der Waals surface area contributed by atoms with E-state index in [1.54, 1.807) is 13.3 Å². The van der Waals surface area contributed by atoms with Crippen LogP contribution in [-0.2, 0) is 16.1 Å².